The van der Waals surface area contributed by atoms with Gasteiger partial charge in [0.05, 0.1) is 15.8 Å². The van der Waals surface area contributed by atoms with Crippen molar-refractivity contribution in [1.82, 2.24) is 4.98 Å². The van der Waals surface area contributed by atoms with E-state index in [0.717, 1.165) is 22.4 Å². The average molecular weight is 371 g/mol. The van der Waals surface area contributed by atoms with E-state index >= 15 is 0 Å². The Morgan fingerprint density at radius 1 is 1.25 bits per heavy atom. The molecule has 3 nitrogen and oxygen atoms in total. The third-order valence-electron chi connectivity index (χ3n) is 3.32. The van der Waals surface area contributed by atoms with Gasteiger partial charge in [-0.3, -0.25) is 10.1 Å². The van der Waals surface area contributed by atoms with Crippen LogP contribution >= 0.6 is 22.9 Å². The Balaban J connectivity index is 1.89. The number of nitrogens with zero attached hydrogens (tertiary/aromatic N) is 1. The predicted molar refractivity (Wildman–Crippen MR) is 88.8 cm³/mol. The van der Waals surface area contributed by atoms with E-state index in [9.17, 15) is 18.0 Å². The van der Waals surface area contributed by atoms with Gasteiger partial charge in [0, 0.05) is 10.6 Å². The summed E-state index contributed by atoms with van der Waals surface area (Å²) in [5.74, 6) is -0.649. The summed E-state index contributed by atoms with van der Waals surface area (Å²) in [6.07, 6.45) is -4.50. The van der Waals surface area contributed by atoms with E-state index in [-0.39, 0.29) is 5.56 Å². The van der Waals surface area contributed by atoms with Gasteiger partial charge in [-0.2, -0.15) is 13.2 Å². The van der Waals surface area contributed by atoms with Crippen molar-refractivity contribution >= 4 is 44.2 Å². The van der Waals surface area contributed by atoms with Crippen LogP contribution in [0.4, 0.5) is 18.3 Å². The number of anilines is 1. The third-order valence-corrected chi connectivity index (χ3v) is 4.46. The molecule has 0 spiro atoms. The number of hydrogen-bond donors (Lipinski definition) is 1. The van der Waals surface area contributed by atoms with Crippen molar-refractivity contribution in [3.05, 3.63) is 58.1 Å². The number of benzene rings is 2. The van der Waals surface area contributed by atoms with Gasteiger partial charge in [-0.05, 0) is 42.8 Å². The van der Waals surface area contributed by atoms with E-state index in [2.05, 4.69) is 10.3 Å². The smallest absolute Gasteiger partial charge is 0.298 e. The van der Waals surface area contributed by atoms with Gasteiger partial charge < -0.3 is 0 Å². The Bertz CT molecular complexity index is 937. The number of halogens is 4. The average Bonchev–Trinajstić information content (AvgIpc) is 2.89. The number of amides is 1. The van der Waals surface area contributed by atoms with Crippen LogP contribution in [-0.2, 0) is 6.18 Å². The lowest BCUT2D eigenvalue weighted by Crippen LogP contribution is -2.13. The van der Waals surface area contributed by atoms with Crippen LogP contribution in [0.1, 0.15) is 21.5 Å². The third kappa shape index (κ3) is 3.37. The molecule has 1 N–H and O–H groups in total. The molecular weight excluding hydrogens is 361 g/mol. The van der Waals surface area contributed by atoms with Crippen LogP contribution in [0.5, 0.6) is 0 Å². The normalized spacial score (nSPS) is 11.7. The molecule has 0 unspecified atom stereocenters. The van der Waals surface area contributed by atoms with Crippen LogP contribution < -0.4 is 5.32 Å². The van der Waals surface area contributed by atoms with E-state index in [4.69, 9.17) is 11.6 Å². The maximum atomic E-state index is 12.7. The summed E-state index contributed by atoms with van der Waals surface area (Å²) in [6.45, 7) is 1.84. The zero-order valence-corrected chi connectivity index (χ0v) is 13.8. The van der Waals surface area contributed by atoms with Gasteiger partial charge in [0.1, 0.15) is 0 Å². The summed E-state index contributed by atoms with van der Waals surface area (Å²) in [7, 11) is 0. The number of thiazole rings is 1. The molecule has 1 aromatic heterocycles. The second kappa shape index (κ2) is 6.07. The highest BCUT2D eigenvalue weighted by molar-refractivity contribution is 7.22. The minimum Gasteiger partial charge on any atom is -0.298 e. The number of carbonyl (C=O) groups excluding carboxylic acids is 1. The van der Waals surface area contributed by atoms with Crippen molar-refractivity contribution < 1.29 is 18.0 Å². The SMILES string of the molecule is Cc1cc(Cl)cc2sc(NC(=O)c3cccc(C(F)(F)F)c3)nc12. The topological polar surface area (TPSA) is 42.0 Å². The van der Waals surface area contributed by atoms with Crippen molar-refractivity contribution in [1.29, 1.82) is 0 Å². The van der Waals surface area contributed by atoms with Crippen LogP contribution in [0.2, 0.25) is 5.02 Å². The minimum absolute atomic E-state index is 0.0844. The summed E-state index contributed by atoms with van der Waals surface area (Å²) in [5.41, 5.74) is 0.595. The number of hydrogen-bond acceptors (Lipinski definition) is 3. The number of nitrogens with one attached hydrogen (secondary N) is 1. The monoisotopic (exact) mass is 370 g/mol. The van der Waals surface area contributed by atoms with E-state index in [0.29, 0.717) is 15.7 Å². The van der Waals surface area contributed by atoms with Crippen molar-refractivity contribution in [3.8, 4) is 0 Å². The van der Waals surface area contributed by atoms with Crippen LogP contribution in [0.25, 0.3) is 10.2 Å². The van der Waals surface area contributed by atoms with Crippen LogP contribution in [-0.4, -0.2) is 10.9 Å². The lowest BCUT2D eigenvalue weighted by molar-refractivity contribution is -0.137. The maximum absolute atomic E-state index is 12.7. The molecule has 3 aromatic rings. The van der Waals surface area contributed by atoms with Gasteiger partial charge in [0.25, 0.3) is 5.91 Å². The fourth-order valence-electron chi connectivity index (χ4n) is 2.21. The molecule has 0 radical (unpaired) electrons. The molecule has 0 saturated carbocycles. The zero-order chi connectivity index (χ0) is 17.5. The molecule has 0 aliphatic heterocycles. The number of carbonyl (C=O) groups is 1. The molecule has 2 aromatic carbocycles. The fraction of sp³-hybridized carbons (Fsp3) is 0.125. The Labute approximate surface area is 144 Å². The maximum Gasteiger partial charge on any atom is 0.416 e. The van der Waals surface area contributed by atoms with Crippen molar-refractivity contribution in [2.24, 2.45) is 0 Å². The molecule has 0 saturated heterocycles. The largest absolute Gasteiger partial charge is 0.416 e. The molecule has 0 bridgehead atoms. The molecule has 0 fully saturated rings. The second-order valence-electron chi connectivity index (χ2n) is 5.12. The number of rotatable bonds is 2. The van der Waals surface area contributed by atoms with Crippen LogP contribution in [0.3, 0.4) is 0 Å². The van der Waals surface area contributed by atoms with E-state index in [1.807, 2.05) is 6.92 Å². The number of alkyl halides is 3. The number of fused-ring (bicyclic) bond motifs is 1. The first-order valence-electron chi connectivity index (χ1n) is 6.79. The van der Waals surface area contributed by atoms with E-state index in [1.54, 1.807) is 12.1 Å². The van der Waals surface area contributed by atoms with Crippen molar-refractivity contribution in [2.75, 3.05) is 5.32 Å². The van der Waals surface area contributed by atoms with E-state index < -0.39 is 17.6 Å². The first kappa shape index (κ1) is 16.7. The minimum atomic E-state index is -4.50. The summed E-state index contributed by atoms with van der Waals surface area (Å²) >= 11 is 7.19. The van der Waals surface area contributed by atoms with Crippen LogP contribution in [0.15, 0.2) is 36.4 Å². The standard InChI is InChI=1S/C16H10ClF3N2OS/c1-8-5-11(17)7-12-13(8)21-15(24-12)22-14(23)9-3-2-4-10(6-9)16(18,19)20/h2-7H,1H3,(H,21,22,23). The van der Waals surface area contributed by atoms with Gasteiger partial charge in [-0.15, -0.1) is 0 Å². The van der Waals surface area contributed by atoms with Gasteiger partial charge in [-0.1, -0.05) is 29.0 Å². The molecular formula is C16H10ClF3N2OS. The first-order valence-corrected chi connectivity index (χ1v) is 7.99. The Hall–Kier alpha value is -2.12. The Kier molecular flexibility index (Phi) is 4.23. The van der Waals surface area contributed by atoms with Gasteiger partial charge in [0.2, 0.25) is 0 Å². The Morgan fingerprint density at radius 2 is 2.00 bits per heavy atom. The molecule has 1 heterocycles. The summed E-state index contributed by atoms with van der Waals surface area (Å²) < 4.78 is 39.0. The van der Waals surface area contributed by atoms with Gasteiger partial charge in [0.15, 0.2) is 5.13 Å². The summed E-state index contributed by atoms with van der Waals surface area (Å²) in [6, 6.07) is 7.72. The Morgan fingerprint density at radius 3 is 2.71 bits per heavy atom. The van der Waals surface area contributed by atoms with Crippen molar-refractivity contribution in [2.45, 2.75) is 13.1 Å². The molecule has 0 aliphatic rings. The molecule has 124 valence electrons. The summed E-state index contributed by atoms with van der Waals surface area (Å²) in [5, 5.41) is 3.39. The molecule has 8 heteroatoms. The van der Waals surface area contributed by atoms with E-state index in [1.165, 1.54) is 23.5 Å². The molecule has 24 heavy (non-hydrogen) atoms. The lowest BCUT2D eigenvalue weighted by Gasteiger charge is -2.08. The highest BCUT2D eigenvalue weighted by Crippen LogP contribution is 2.32. The number of aromatic nitrogens is 1. The highest BCUT2D eigenvalue weighted by Gasteiger charge is 2.30. The van der Waals surface area contributed by atoms with Crippen LogP contribution in [0, 0.1) is 6.92 Å². The lowest BCUT2D eigenvalue weighted by atomic mass is 10.1. The molecule has 0 aliphatic carbocycles. The quantitative estimate of drug-likeness (QED) is 0.644. The van der Waals surface area contributed by atoms with Gasteiger partial charge in [-0.25, -0.2) is 4.98 Å². The first-order chi connectivity index (χ1) is 11.2. The second-order valence-corrected chi connectivity index (χ2v) is 6.59. The summed E-state index contributed by atoms with van der Waals surface area (Å²) in [4.78, 5) is 16.5. The predicted octanol–water partition coefficient (Wildman–Crippen LogP) is 5.53. The molecule has 3 rings (SSSR count). The molecule has 1 amide bonds. The highest BCUT2D eigenvalue weighted by atomic mass is 35.5. The number of aryl methyl sites for hydroxylation is 1. The van der Waals surface area contributed by atoms with Gasteiger partial charge >= 0.3 is 6.18 Å². The fourth-order valence-corrected chi connectivity index (χ4v) is 3.53. The van der Waals surface area contributed by atoms with Crippen molar-refractivity contribution in [3.63, 3.8) is 0 Å². The molecule has 0 atom stereocenters. The zero-order valence-electron chi connectivity index (χ0n) is 12.2.